The molecule has 24 heavy (non-hydrogen) atoms. The second kappa shape index (κ2) is 9.28. The molecular weight excluding hydrogens is 413 g/mol. The molecule has 0 aromatic heterocycles. The summed E-state index contributed by atoms with van der Waals surface area (Å²) in [5.74, 6) is 1.66. The predicted octanol–water partition coefficient (Wildman–Crippen LogP) is 5.33. The van der Waals surface area contributed by atoms with Crippen LogP contribution in [0.5, 0.6) is 11.5 Å². The molecular formula is C20H26INO2. The number of nitrogens with one attached hydrogen (secondary N) is 1. The molecule has 2 rings (SSSR count). The van der Waals surface area contributed by atoms with E-state index in [-0.39, 0.29) is 6.10 Å². The van der Waals surface area contributed by atoms with E-state index in [2.05, 4.69) is 71.2 Å². The first-order chi connectivity index (χ1) is 11.5. The second-order valence-corrected chi connectivity index (χ2v) is 7.18. The van der Waals surface area contributed by atoms with Gasteiger partial charge in [0.05, 0.1) is 16.3 Å². The molecule has 0 radical (unpaired) electrons. The molecule has 0 bridgehead atoms. The Morgan fingerprint density at radius 3 is 2.42 bits per heavy atom. The van der Waals surface area contributed by atoms with Crippen molar-refractivity contribution < 1.29 is 9.47 Å². The van der Waals surface area contributed by atoms with Crippen molar-refractivity contribution in [1.82, 2.24) is 5.32 Å². The molecule has 0 heterocycles. The Morgan fingerprint density at radius 1 is 1.08 bits per heavy atom. The van der Waals surface area contributed by atoms with Gasteiger partial charge in [-0.25, -0.2) is 0 Å². The molecule has 0 fully saturated rings. The number of benzene rings is 2. The van der Waals surface area contributed by atoms with Gasteiger partial charge < -0.3 is 14.8 Å². The lowest BCUT2D eigenvalue weighted by atomic mass is 10.1. The first-order valence-electron chi connectivity index (χ1n) is 8.41. The first-order valence-corrected chi connectivity index (χ1v) is 9.49. The van der Waals surface area contributed by atoms with Crippen molar-refractivity contribution in [2.24, 2.45) is 0 Å². The summed E-state index contributed by atoms with van der Waals surface area (Å²) >= 11 is 2.32. The van der Waals surface area contributed by atoms with Crippen LogP contribution in [0.1, 0.15) is 44.9 Å². The largest absolute Gasteiger partial charge is 0.490 e. The molecule has 0 saturated heterocycles. The number of hydrogen-bond donors (Lipinski definition) is 1. The Hall–Kier alpha value is -1.27. The van der Waals surface area contributed by atoms with Crippen molar-refractivity contribution in [2.75, 3.05) is 6.61 Å². The Bertz CT molecular complexity index is 644. The summed E-state index contributed by atoms with van der Waals surface area (Å²) in [5, 5.41) is 3.57. The minimum atomic E-state index is 0.125. The minimum Gasteiger partial charge on any atom is -0.490 e. The van der Waals surface area contributed by atoms with Gasteiger partial charge in [0.1, 0.15) is 0 Å². The highest BCUT2D eigenvalue weighted by Gasteiger charge is 2.14. The standard InChI is InChI=1S/C20H26INO2/c1-5-23-19-12-16(11-18(21)20(19)24-14(2)3)13-22-15(4)17-9-7-6-8-10-17/h6-12,14-15,22H,5,13H2,1-4H3. The molecule has 4 heteroatoms. The lowest BCUT2D eigenvalue weighted by molar-refractivity contribution is 0.222. The van der Waals surface area contributed by atoms with Crippen LogP contribution in [0.4, 0.5) is 0 Å². The molecule has 0 aliphatic heterocycles. The van der Waals surface area contributed by atoms with E-state index in [4.69, 9.17) is 9.47 Å². The zero-order chi connectivity index (χ0) is 17.5. The van der Waals surface area contributed by atoms with Gasteiger partial charge in [-0.1, -0.05) is 30.3 Å². The number of ether oxygens (including phenoxy) is 2. The Kier molecular flexibility index (Phi) is 7.37. The third-order valence-corrected chi connectivity index (χ3v) is 4.44. The maximum Gasteiger partial charge on any atom is 0.174 e. The van der Waals surface area contributed by atoms with Gasteiger partial charge in [0.2, 0.25) is 0 Å². The van der Waals surface area contributed by atoms with Gasteiger partial charge >= 0.3 is 0 Å². The van der Waals surface area contributed by atoms with Crippen molar-refractivity contribution in [3.05, 3.63) is 57.2 Å². The zero-order valence-corrected chi connectivity index (χ0v) is 17.0. The molecule has 1 unspecified atom stereocenters. The normalized spacial score (nSPS) is 12.2. The summed E-state index contributed by atoms with van der Waals surface area (Å²) in [6, 6.07) is 15.0. The Labute approximate surface area is 158 Å². The van der Waals surface area contributed by atoms with Gasteiger partial charge in [-0.05, 0) is 73.5 Å². The molecule has 0 aliphatic rings. The van der Waals surface area contributed by atoms with E-state index >= 15 is 0 Å². The molecule has 2 aromatic rings. The van der Waals surface area contributed by atoms with E-state index in [1.54, 1.807) is 0 Å². The summed E-state index contributed by atoms with van der Waals surface area (Å²) in [6.07, 6.45) is 0.125. The first kappa shape index (κ1) is 19.1. The fourth-order valence-corrected chi connectivity index (χ4v) is 3.26. The van der Waals surface area contributed by atoms with E-state index in [0.717, 1.165) is 21.6 Å². The predicted molar refractivity (Wildman–Crippen MR) is 108 cm³/mol. The summed E-state index contributed by atoms with van der Waals surface area (Å²) < 4.78 is 12.8. The highest BCUT2D eigenvalue weighted by Crippen LogP contribution is 2.35. The molecule has 0 spiro atoms. The van der Waals surface area contributed by atoms with E-state index in [1.165, 1.54) is 11.1 Å². The summed E-state index contributed by atoms with van der Waals surface area (Å²) in [6.45, 7) is 9.65. The lowest BCUT2D eigenvalue weighted by Gasteiger charge is -2.19. The van der Waals surface area contributed by atoms with Crippen LogP contribution in [-0.4, -0.2) is 12.7 Å². The van der Waals surface area contributed by atoms with Gasteiger partial charge in [-0.15, -0.1) is 0 Å². The summed E-state index contributed by atoms with van der Waals surface area (Å²) in [4.78, 5) is 0. The van der Waals surface area contributed by atoms with Crippen LogP contribution in [0.2, 0.25) is 0 Å². The SMILES string of the molecule is CCOc1cc(CNC(C)c2ccccc2)cc(I)c1OC(C)C. The smallest absolute Gasteiger partial charge is 0.174 e. The Balaban J connectivity index is 2.12. The third kappa shape index (κ3) is 5.38. The van der Waals surface area contributed by atoms with Gasteiger partial charge in [0.25, 0.3) is 0 Å². The Morgan fingerprint density at radius 2 is 1.79 bits per heavy atom. The maximum absolute atomic E-state index is 5.93. The molecule has 130 valence electrons. The second-order valence-electron chi connectivity index (χ2n) is 6.02. The molecule has 0 amide bonds. The molecule has 1 N–H and O–H groups in total. The minimum absolute atomic E-state index is 0.125. The van der Waals surface area contributed by atoms with E-state index in [1.807, 2.05) is 26.8 Å². The molecule has 2 aromatic carbocycles. The molecule has 0 aliphatic carbocycles. The van der Waals surface area contributed by atoms with Crippen LogP contribution < -0.4 is 14.8 Å². The zero-order valence-electron chi connectivity index (χ0n) is 14.8. The average molecular weight is 439 g/mol. The van der Waals surface area contributed by atoms with Crippen LogP contribution in [0.25, 0.3) is 0 Å². The van der Waals surface area contributed by atoms with Gasteiger partial charge in [-0.3, -0.25) is 0 Å². The highest BCUT2D eigenvalue weighted by atomic mass is 127. The van der Waals surface area contributed by atoms with Crippen molar-refractivity contribution >= 4 is 22.6 Å². The van der Waals surface area contributed by atoms with Gasteiger partial charge in [0, 0.05) is 12.6 Å². The molecule has 3 nitrogen and oxygen atoms in total. The van der Waals surface area contributed by atoms with Gasteiger partial charge in [0.15, 0.2) is 11.5 Å². The van der Waals surface area contributed by atoms with Crippen molar-refractivity contribution in [3.63, 3.8) is 0 Å². The van der Waals surface area contributed by atoms with E-state index in [0.29, 0.717) is 12.6 Å². The lowest BCUT2D eigenvalue weighted by Crippen LogP contribution is -2.18. The number of hydrogen-bond acceptors (Lipinski definition) is 3. The fraction of sp³-hybridized carbons (Fsp3) is 0.400. The van der Waals surface area contributed by atoms with Crippen molar-refractivity contribution in [1.29, 1.82) is 0 Å². The van der Waals surface area contributed by atoms with Crippen LogP contribution >= 0.6 is 22.6 Å². The maximum atomic E-state index is 5.93. The van der Waals surface area contributed by atoms with Crippen molar-refractivity contribution in [2.45, 2.75) is 46.4 Å². The summed E-state index contributed by atoms with van der Waals surface area (Å²) in [5.41, 5.74) is 2.48. The van der Waals surface area contributed by atoms with Crippen LogP contribution in [0.3, 0.4) is 0 Å². The average Bonchev–Trinajstić information content (AvgIpc) is 2.56. The summed E-state index contributed by atoms with van der Waals surface area (Å²) in [7, 11) is 0. The monoisotopic (exact) mass is 439 g/mol. The highest BCUT2D eigenvalue weighted by molar-refractivity contribution is 14.1. The molecule has 1 atom stereocenters. The van der Waals surface area contributed by atoms with Crippen molar-refractivity contribution in [3.8, 4) is 11.5 Å². The van der Waals surface area contributed by atoms with Gasteiger partial charge in [-0.2, -0.15) is 0 Å². The fourth-order valence-electron chi connectivity index (χ4n) is 2.47. The number of rotatable bonds is 8. The van der Waals surface area contributed by atoms with E-state index < -0.39 is 0 Å². The molecule has 0 saturated carbocycles. The number of halogens is 1. The van der Waals surface area contributed by atoms with Crippen LogP contribution in [0.15, 0.2) is 42.5 Å². The van der Waals surface area contributed by atoms with Crippen LogP contribution in [0, 0.1) is 3.57 Å². The third-order valence-electron chi connectivity index (χ3n) is 3.63. The van der Waals surface area contributed by atoms with Crippen LogP contribution in [-0.2, 0) is 6.54 Å². The quantitative estimate of drug-likeness (QED) is 0.565. The topological polar surface area (TPSA) is 30.5 Å². The van der Waals surface area contributed by atoms with E-state index in [9.17, 15) is 0 Å².